The van der Waals surface area contributed by atoms with Crippen LogP contribution in [0.5, 0.6) is 0 Å². The normalized spacial score (nSPS) is 17.1. The number of carbonyl (C=O) groups is 1. The second-order valence-corrected chi connectivity index (χ2v) is 7.94. The topological polar surface area (TPSA) is 47.3 Å². The van der Waals surface area contributed by atoms with Crippen molar-refractivity contribution in [2.24, 2.45) is 5.92 Å². The SMILES string of the molecule is CC(C)C(C#N)N1CCN(C(=O)CSc2ccc(Br)cc2)CC1. The highest BCUT2D eigenvalue weighted by atomic mass is 79.9. The number of hydrogen-bond acceptors (Lipinski definition) is 4. The van der Waals surface area contributed by atoms with Crippen molar-refractivity contribution in [1.82, 2.24) is 9.80 Å². The zero-order valence-corrected chi connectivity index (χ0v) is 15.9. The number of thioether (sulfide) groups is 1. The maximum absolute atomic E-state index is 12.3. The van der Waals surface area contributed by atoms with Crippen LogP contribution in [0.1, 0.15) is 13.8 Å². The summed E-state index contributed by atoms with van der Waals surface area (Å²) in [5.41, 5.74) is 0. The van der Waals surface area contributed by atoms with Gasteiger partial charge in [0.05, 0.1) is 11.8 Å². The lowest BCUT2D eigenvalue weighted by Crippen LogP contribution is -2.53. The van der Waals surface area contributed by atoms with E-state index in [0.29, 0.717) is 24.8 Å². The molecule has 0 spiro atoms. The molecule has 0 N–H and O–H groups in total. The van der Waals surface area contributed by atoms with E-state index < -0.39 is 0 Å². The summed E-state index contributed by atoms with van der Waals surface area (Å²) in [7, 11) is 0. The third-order valence-electron chi connectivity index (χ3n) is 4.00. The Balaban J connectivity index is 1.79. The maximum Gasteiger partial charge on any atom is 0.233 e. The quantitative estimate of drug-likeness (QED) is 0.717. The molecule has 1 amide bonds. The van der Waals surface area contributed by atoms with Crippen LogP contribution in [0.15, 0.2) is 33.6 Å². The number of rotatable bonds is 5. The summed E-state index contributed by atoms with van der Waals surface area (Å²) in [5, 5.41) is 9.27. The molecule has 6 heteroatoms. The molecule has 1 atom stereocenters. The molecule has 1 unspecified atom stereocenters. The summed E-state index contributed by atoms with van der Waals surface area (Å²) in [6.07, 6.45) is 0. The van der Waals surface area contributed by atoms with Crippen molar-refractivity contribution in [2.45, 2.75) is 24.8 Å². The van der Waals surface area contributed by atoms with Gasteiger partial charge >= 0.3 is 0 Å². The zero-order chi connectivity index (χ0) is 16.8. The van der Waals surface area contributed by atoms with Crippen LogP contribution in [0.25, 0.3) is 0 Å². The molecule has 0 saturated carbocycles. The molecular formula is C17H22BrN3OS. The summed E-state index contributed by atoms with van der Waals surface area (Å²) >= 11 is 4.98. The average molecular weight is 396 g/mol. The summed E-state index contributed by atoms with van der Waals surface area (Å²) in [4.78, 5) is 17.5. The van der Waals surface area contributed by atoms with Gasteiger partial charge in [0, 0.05) is 35.5 Å². The molecule has 1 fully saturated rings. The molecule has 4 nitrogen and oxygen atoms in total. The Hall–Kier alpha value is -1.03. The number of nitrogens with zero attached hydrogens (tertiary/aromatic N) is 3. The average Bonchev–Trinajstić information content (AvgIpc) is 2.55. The van der Waals surface area contributed by atoms with Crippen LogP contribution in [0.3, 0.4) is 0 Å². The van der Waals surface area contributed by atoms with E-state index in [4.69, 9.17) is 0 Å². The Morgan fingerprint density at radius 1 is 1.26 bits per heavy atom. The van der Waals surface area contributed by atoms with E-state index in [9.17, 15) is 10.1 Å². The molecule has 124 valence electrons. The van der Waals surface area contributed by atoms with Gasteiger partial charge in [-0.1, -0.05) is 29.8 Å². The fraction of sp³-hybridized carbons (Fsp3) is 0.529. The molecule has 1 heterocycles. The summed E-state index contributed by atoms with van der Waals surface area (Å²) in [6, 6.07) is 10.3. The number of carbonyl (C=O) groups excluding carboxylic acids is 1. The molecule has 0 aromatic heterocycles. The first kappa shape index (κ1) is 18.3. The molecule has 1 saturated heterocycles. The van der Waals surface area contributed by atoms with E-state index >= 15 is 0 Å². The largest absolute Gasteiger partial charge is 0.339 e. The smallest absolute Gasteiger partial charge is 0.233 e. The van der Waals surface area contributed by atoms with Gasteiger partial charge in [-0.15, -0.1) is 11.8 Å². The number of benzene rings is 1. The highest BCUT2D eigenvalue weighted by Gasteiger charge is 2.27. The Bertz CT molecular complexity index is 562. The Labute approximate surface area is 151 Å². The Morgan fingerprint density at radius 3 is 2.39 bits per heavy atom. The maximum atomic E-state index is 12.3. The van der Waals surface area contributed by atoms with Crippen LogP contribution in [0.4, 0.5) is 0 Å². The Morgan fingerprint density at radius 2 is 1.87 bits per heavy atom. The van der Waals surface area contributed by atoms with Crippen molar-refractivity contribution in [3.8, 4) is 6.07 Å². The van der Waals surface area contributed by atoms with Gasteiger partial charge in [0.25, 0.3) is 0 Å². The van der Waals surface area contributed by atoms with E-state index in [-0.39, 0.29) is 11.9 Å². The lowest BCUT2D eigenvalue weighted by atomic mass is 10.0. The molecule has 1 aliphatic heterocycles. The van der Waals surface area contributed by atoms with Gasteiger partial charge in [-0.05, 0) is 30.2 Å². The first-order chi connectivity index (χ1) is 11.0. The second kappa shape index (κ2) is 8.72. The van der Waals surface area contributed by atoms with Crippen molar-refractivity contribution in [2.75, 3.05) is 31.9 Å². The molecule has 2 rings (SSSR count). The molecule has 0 radical (unpaired) electrons. The van der Waals surface area contributed by atoms with Crippen molar-refractivity contribution < 1.29 is 4.79 Å². The van der Waals surface area contributed by atoms with Gasteiger partial charge < -0.3 is 4.90 Å². The molecule has 0 aliphatic carbocycles. The molecule has 0 bridgehead atoms. The lowest BCUT2D eigenvalue weighted by molar-refractivity contribution is -0.130. The van der Waals surface area contributed by atoms with Gasteiger partial charge in [-0.2, -0.15) is 5.26 Å². The minimum absolute atomic E-state index is 0.0515. The van der Waals surface area contributed by atoms with E-state index in [0.717, 1.165) is 22.5 Å². The number of nitriles is 1. The Kier molecular flexibility index (Phi) is 6.94. The standard InChI is InChI=1S/C17H22BrN3OS/c1-13(2)16(11-19)20-7-9-21(10-8-20)17(22)12-23-15-5-3-14(18)4-6-15/h3-6,13,16H,7-10,12H2,1-2H3. The van der Waals surface area contributed by atoms with E-state index in [1.165, 1.54) is 0 Å². The lowest BCUT2D eigenvalue weighted by Gasteiger charge is -2.38. The minimum Gasteiger partial charge on any atom is -0.339 e. The predicted molar refractivity (Wildman–Crippen MR) is 97.3 cm³/mol. The van der Waals surface area contributed by atoms with Gasteiger partial charge in [-0.25, -0.2) is 0 Å². The molecule has 1 aromatic carbocycles. The highest BCUT2D eigenvalue weighted by molar-refractivity contribution is 9.10. The highest BCUT2D eigenvalue weighted by Crippen LogP contribution is 2.21. The van der Waals surface area contributed by atoms with Crippen LogP contribution < -0.4 is 0 Å². The van der Waals surface area contributed by atoms with Crippen molar-refractivity contribution in [1.29, 1.82) is 5.26 Å². The van der Waals surface area contributed by atoms with Gasteiger partial charge in [-0.3, -0.25) is 9.69 Å². The molecule has 1 aromatic rings. The number of piperazine rings is 1. The van der Waals surface area contributed by atoms with Crippen LogP contribution in [-0.4, -0.2) is 53.7 Å². The third-order valence-corrected chi connectivity index (χ3v) is 5.53. The van der Waals surface area contributed by atoms with Gasteiger partial charge in [0.2, 0.25) is 5.91 Å². The summed E-state index contributed by atoms with van der Waals surface area (Å²) in [5.74, 6) is 0.957. The fourth-order valence-electron chi connectivity index (χ4n) is 2.67. The van der Waals surface area contributed by atoms with E-state index in [1.54, 1.807) is 11.8 Å². The van der Waals surface area contributed by atoms with E-state index in [2.05, 4.69) is 40.7 Å². The summed E-state index contributed by atoms with van der Waals surface area (Å²) < 4.78 is 1.04. The number of hydrogen-bond donors (Lipinski definition) is 0. The molecule has 1 aliphatic rings. The predicted octanol–water partition coefficient (Wildman–Crippen LogP) is 3.23. The first-order valence-electron chi connectivity index (χ1n) is 7.81. The zero-order valence-electron chi connectivity index (χ0n) is 13.5. The number of halogens is 1. The van der Waals surface area contributed by atoms with Crippen molar-refractivity contribution >= 4 is 33.6 Å². The second-order valence-electron chi connectivity index (χ2n) is 5.98. The van der Waals surface area contributed by atoms with Crippen LogP contribution in [0, 0.1) is 17.2 Å². The van der Waals surface area contributed by atoms with Crippen LogP contribution in [-0.2, 0) is 4.79 Å². The first-order valence-corrected chi connectivity index (χ1v) is 9.59. The fourth-order valence-corrected chi connectivity index (χ4v) is 3.73. The van der Waals surface area contributed by atoms with E-state index in [1.807, 2.05) is 29.2 Å². The van der Waals surface area contributed by atoms with Gasteiger partial charge in [0.15, 0.2) is 0 Å². The minimum atomic E-state index is -0.0515. The molecular weight excluding hydrogens is 374 g/mol. The van der Waals surface area contributed by atoms with Crippen molar-refractivity contribution in [3.05, 3.63) is 28.7 Å². The monoisotopic (exact) mass is 395 g/mol. The summed E-state index contributed by atoms with van der Waals surface area (Å²) in [6.45, 7) is 7.13. The number of amides is 1. The van der Waals surface area contributed by atoms with Crippen molar-refractivity contribution in [3.63, 3.8) is 0 Å². The van der Waals surface area contributed by atoms with Crippen LogP contribution in [0.2, 0.25) is 0 Å². The van der Waals surface area contributed by atoms with Gasteiger partial charge in [0.1, 0.15) is 6.04 Å². The van der Waals surface area contributed by atoms with Crippen LogP contribution >= 0.6 is 27.7 Å². The molecule has 23 heavy (non-hydrogen) atoms. The third kappa shape index (κ3) is 5.23.